The van der Waals surface area contributed by atoms with Crippen molar-refractivity contribution >= 4 is 11.7 Å². The number of rotatable bonds is 8. The molecule has 0 saturated carbocycles. The summed E-state index contributed by atoms with van der Waals surface area (Å²) in [6, 6.07) is 3.52. The smallest absolute Gasteiger partial charge is 0.381 e. The van der Waals surface area contributed by atoms with Gasteiger partial charge in [0, 0.05) is 51.4 Å². The average Bonchev–Trinajstić information content (AvgIpc) is 2.75. The molecule has 0 atom stereocenters. The zero-order chi connectivity index (χ0) is 22.3. The van der Waals surface area contributed by atoms with Crippen LogP contribution in [0.1, 0.15) is 51.1 Å². The third-order valence-corrected chi connectivity index (χ3v) is 6.36. The van der Waals surface area contributed by atoms with Gasteiger partial charge in [0.1, 0.15) is 11.5 Å². The van der Waals surface area contributed by atoms with Crippen LogP contribution in [0.25, 0.3) is 0 Å². The van der Waals surface area contributed by atoms with Gasteiger partial charge >= 0.3 is 6.18 Å². The number of amides is 1. The quantitative estimate of drug-likeness (QED) is 0.664. The molecule has 1 N–H and O–H groups in total. The Kier molecular flexibility index (Phi) is 8.30. The second kappa shape index (κ2) is 10.7. The van der Waals surface area contributed by atoms with E-state index in [1.54, 1.807) is 0 Å². The molecule has 1 amide bonds. The second-order valence-corrected chi connectivity index (χ2v) is 8.47. The molecule has 0 bridgehead atoms. The summed E-state index contributed by atoms with van der Waals surface area (Å²) in [6.45, 7) is 8.99. The molecule has 0 aromatic carbocycles. The van der Waals surface area contributed by atoms with E-state index in [4.69, 9.17) is 4.74 Å². The van der Waals surface area contributed by atoms with Crippen molar-refractivity contribution in [3.63, 3.8) is 0 Å². The number of pyridine rings is 1. The molecule has 1 aromatic heterocycles. The first kappa shape index (κ1) is 23.9. The lowest BCUT2D eigenvalue weighted by Gasteiger charge is -2.50. The number of piperazine rings is 1. The van der Waals surface area contributed by atoms with E-state index in [-0.39, 0.29) is 23.7 Å². The number of hydrogen-bond donors (Lipinski definition) is 1. The molecule has 0 aliphatic carbocycles. The van der Waals surface area contributed by atoms with Gasteiger partial charge in [0.2, 0.25) is 5.91 Å². The van der Waals surface area contributed by atoms with E-state index in [0.29, 0.717) is 6.42 Å². The van der Waals surface area contributed by atoms with Gasteiger partial charge in [-0.2, -0.15) is 13.2 Å². The first-order chi connectivity index (χ1) is 14.8. The van der Waals surface area contributed by atoms with Crippen LogP contribution in [-0.4, -0.2) is 72.2 Å². The Hall–Kier alpha value is -1.71. The number of nitrogens with one attached hydrogen (secondary N) is 1. The van der Waals surface area contributed by atoms with Gasteiger partial charge in [-0.25, -0.2) is 4.98 Å². The highest BCUT2D eigenvalue weighted by molar-refractivity contribution is 5.89. The van der Waals surface area contributed by atoms with E-state index in [9.17, 15) is 18.0 Å². The van der Waals surface area contributed by atoms with Crippen LogP contribution in [0, 0.1) is 0 Å². The fourth-order valence-electron chi connectivity index (χ4n) is 4.68. The third kappa shape index (κ3) is 6.63. The van der Waals surface area contributed by atoms with E-state index >= 15 is 0 Å². The normalized spacial score (nSPS) is 20.5. The molecule has 1 aromatic rings. The minimum Gasteiger partial charge on any atom is -0.381 e. The number of aromatic nitrogens is 1. The number of carbonyl (C=O) groups excluding carboxylic acids is 1. The molecule has 2 fully saturated rings. The highest BCUT2D eigenvalue weighted by Crippen LogP contribution is 2.34. The molecule has 2 saturated heterocycles. The summed E-state index contributed by atoms with van der Waals surface area (Å²) < 4.78 is 44.0. The van der Waals surface area contributed by atoms with Crippen molar-refractivity contribution in [1.82, 2.24) is 14.8 Å². The van der Waals surface area contributed by atoms with E-state index in [1.165, 1.54) is 12.1 Å². The molecule has 3 heterocycles. The van der Waals surface area contributed by atoms with Gasteiger partial charge < -0.3 is 15.0 Å². The van der Waals surface area contributed by atoms with Crippen LogP contribution in [0.15, 0.2) is 18.2 Å². The van der Waals surface area contributed by atoms with Gasteiger partial charge in [0.05, 0.1) is 0 Å². The van der Waals surface area contributed by atoms with Crippen molar-refractivity contribution in [3.05, 3.63) is 23.9 Å². The molecule has 9 heteroatoms. The Labute approximate surface area is 182 Å². The lowest BCUT2D eigenvalue weighted by Crippen LogP contribution is -2.59. The number of hydrogen-bond acceptors (Lipinski definition) is 5. The van der Waals surface area contributed by atoms with Crippen molar-refractivity contribution in [1.29, 1.82) is 0 Å². The molecular weight excluding hydrogens is 409 g/mol. The Bertz CT molecular complexity index is 715. The second-order valence-electron chi connectivity index (χ2n) is 8.47. The molecule has 0 radical (unpaired) electrons. The van der Waals surface area contributed by atoms with Crippen LogP contribution >= 0.6 is 0 Å². The fraction of sp³-hybridized carbons (Fsp3) is 0.727. The van der Waals surface area contributed by atoms with Crippen LogP contribution in [-0.2, 0) is 15.7 Å². The van der Waals surface area contributed by atoms with Gasteiger partial charge in [-0.15, -0.1) is 0 Å². The van der Waals surface area contributed by atoms with Crippen molar-refractivity contribution in [2.45, 2.75) is 57.2 Å². The van der Waals surface area contributed by atoms with Gasteiger partial charge in [-0.3, -0.25) is 9.69 Å². The number of halogens is 3. The maximum absolute atomic E-state index is 12.8. The van der Waals surface area contributed by atoms with E-state index < -0.39 is 11.9 Å². The number of ether oxygens (including phenoxy) is 1. The monoisotopic (exact) mass is 442 g/mol. The Balaban J connectivity index is 1.52. The maximum atomic E-state index is 12.8. The number of anilines is 1. The predicted molar refractivity (Wildman–Crippen MR) is 113 cm³/mol. The first-order valence-electron chi connectivity index (χ1n) is 11.2. The van der Waals surface area contributed by atoms with Crippen molar-refractivity contribution in [3.8, 4) is 0 Å². The third-order valence-electron chi connectivity index (χ3n) is 6.36. The summed E-state index contributed by atoms with van der Waals surface area (Å²) in [4.78, 5) is 20.9. The Morgan fingerprint density at radius 3 is 2.55 bits per heavy atom. The number of carbonyl (C=O) groups is 1. The van der Waals surface area contributed by atoms with Crippen LogP contribution in [0.4, 0.5) is 19.0 Å². The first-order valence-corrected chi connectivity index (χ1v) is 11.2. The topological polar surface area (TPSA) is 57.7 Å². The van der Waals surface area contributed by atoms with Crippen molar-refractivity contribution in [2.75, 3.05) is 51.3 Å². The highest BCUT2D eigenvalue weighted by atomic mass is 19.4. The van der Waals surface area contributed by atoms with Crippen LogP contribution in [0.2, 0.25) is 0 Å². The number of alkyl halides is 3. The summed E-state index contributed by atoms with van der Waals surface area (Å²) in [5, 5.41) is 2.51. The summed E-state index contributed by atoms with van der Waals surface area (Å²) >= 11 is 0. The maximum Gasteiger partial charge on any atom is 0.433 e. The number of nitrogens with zero attached hydrogens (tertiary/aromatic N) is 3. The van der Waals surface area contributed by atoms with Gasteiger partial charge in [-0.05, 0) is 50.8 Å². The van der Waals surface area contributed by atoms with Gasteiger partial charge in [0.25, 0.3) is 0 Å². The summed E-state index contributed by atoms with van der Waals surface area (Å²) in [5.41, 5.74) is -0.959. The Morgan fingerprint density at radius 1 is 1.19 bits per heavy atom. The van der Waals surface area contributed by atoms with Crippen molar-refractivity contribution < 1.29 is 22.7 Å². The molecule has 0 unspecified atom stereocenters. The Morgan fingerprint density at radius 2 is 1.90 bits per heavy atom. The molecule has 2 aliphatic heterocycles. The zero-order valence-electron chi connectivity index (χ0n) is 18.2. The standard InChI is InChI=1S/C22H33F3N4O2/c1-2-11-28-12-14-29(15-13-28)21(9-16-31-17-10-21)8-4-7-20(30)27-19-6-3-5-18(26-19)22(23,24)25/h3,5-6H,2,4,7-17H2,1H3,(H,26,27,30). The van der Waals surface area contributed by atoms with Crippen molar-refractivity contribution in [2.24, 2.45) is 0 Å². The minimum absolute atomic E-state index is 0.0469. The van der Waals surface area contributed by atoms with Crippen LogP contribution < -0.4 is 5.32 Å². The van der Waals surface area contributed by atoms with Gasteiger partial charge in [-0.1, -0.05) is 13.0 Å². The SMILES string of the molecule is CCCN1CCN(C2(CCCC(=O)Nc3cccc(C(F)(F)F)n3)CCOCC2)CC1. The average molecular weight is 443 g/mol. The molecule has 2 aliphatic rings. The summed E-state index contributed by atoms with van der Waals surface area (Å²) in [7, 11) is 0. The largest absolute Gasteiger partial charge is 0.433 e. The van der Waals surface area contributed by atoms with E-state index in [2.05, 4.69) is 27.0 Å². The molecule has 174 valence electrons. The predicted octanol–water partition coefficient (Wildman–Crippen LogP) is 3.79. The van der Waals surface area contributed by atoms with E-state index in [1.807, 2.05) is 0 Å². The lowest BCUT2D eigenvalue weighted by molar-refractivity contribution is -0.141. The van der Waals surface area contributed by atoms with Gasteiger partial charge in [0.15, 0.2) is 0 Å². The molecule has 6 nitrogen and oxygen atoms in total. The van der Waals surface area contributed by atoms with Crippen LogP contribution in [0.3, 0.4) is 0 Å². The zero-order valence-corrected chi connectivity index (χ0v) is 18.2. The highest BCUT2D eigenvalue weighted by Gasteiger charge is 2.39. The molecular formula is C22H33F3N4O2. The minimum atomic E-state index is -4.53. The molecule has 31 heavy (non-hydrogen) atoms. The summed E-state index contributed by atoms with van der Waals surface area (Å²) in [5.74, 6) is -0.366. The molecule has 3 rings (SSSR count). The lowest BCUT2D eigenvalue weighted by atomic mass is 9.82. The fourth-order valence-corrected chi connectivity index (χ4v) is 4.68. The molecule has 0 spiro atoms. The summed E-state index contributed by atoms with van der Waals surface area (Å²) in [6.07, 6.45) is 0.366. The van der Waals surface area contributed by atoms with Crippen LogP contribution in [0.5, 0.6) is 0 Å². The van der Waals surface area contributed by atoms with E-state index in [0.717, 1.165) is 77.7 Å².